The monoisotopic (exact) mass is 304 g/mol. The Hall–Kier alpha value is -1.20. The molecule has 1 aromatic rings. The fourth-order valence-electron chi connectivity index (χ4n) is 2.36. The van der Waals surface area contributed by atoms with Gasteiger partial charge in [0.1, 0.15) is 11.6 Å². The second-order valence-electron chi connectivity index (χ2n) is 4.97. The van der Waals surface area contributed by atoms with Crippen LogP contribution in [0.1, 0.15) is 18.4 Å². The summed E-state index contributed by atoms with van der Waals surface area (Å²) in [5, 5.41) is 0. The molecular formula is C14H19ClF2N2O. The van der Waals surface area contributed by atoms with Crippen LogP contribution in [-0.2, 0) is 11.2 Å². The molecule has 2 rings (SSSR count). The lowest BCUT2D eigenvalue weighted by atomic mass is 9.96. The van der Waals surface area contributed by atoms with Gasteiger partial charge in [-0.1, -0.05) is 6.07 Å². The van der Waals surface area contributed by atoms with Crippen LogP contribution in [0.2, 0.25) is 0 Å². The number of nitrogens with zero attached hydrogens (tertiary/aromatic N) is 1. The van der Waals surface area contributed by atoms with Crippen LogP contribution in [0, 0.1) is 17.6 Å². The minimum atomic E-state index is -0.662. The summed E-state index contributed by atoms with van der Waals surface area (Å²) >= 11 is 0. The highest BCUT2D eigenvalue weighted by molar-refractivity contribution is 5.85. The van der Waals surface area contributed by atoms with Gasteiger partial charge in [0.15, 0.2) is 0 Å². The molecule has 6 heteroatoms. The van der Waals surface area contributed by atoms with Crippen molar-refractivity contribution in [3.05, 3.63) is 35.4 Å². The van der Waals surface area contributed by atoms with Crippen LogP contribution in [0.4, 0.5) is 8.78 Å². The predicted octanol–water partition coefficient (Wildman–Crippen LogP) is 2.13. The summed E-state index contributed by atoms with van der Waals surface area (Å²) in [5.41, 5.74) is 5.84. The fraction of sp³-hybridized carbons (Fsp3) is 0.500. The molecule has 1 saturated heterocycles. The fourth-order valence-corrected chi connectivity index (χ4v) is 2.36. The molecule has 1 fully saturated rings. The third kappa shape index (κ3) is 4.15. The number of carbonyl (C=O) groups is 1. The number of halogens is 3. The Morgan fingerprint density at radius 3 is 2.50 bits per heavy atom. The molecule has 0 atom stereocenters. The minimum Gasteiger partial charge on any atom is -0.342 e. The van der Waals surface area contributed by atoms with E-state index in [0.29, 0.717) is 25.6 Å². The van der Waals surface area contributed by atoms with Crippen LogP contribution < -0.4 is 5.73 Å². The van der Waals surface area contributed by atoms with Crippen LogP contribution in [-0.4, -0.2) is 30.4 Å². The maximum atomic E-state index is 13.5. The summed E-state index contributed by atoms with van der Waals surface area (Å²) in [4.78, 5) is 13.8. The molecule has 112 valence electrons. The number of piperidine rings is 1. The van der Waals surface area contributed by atoms with Gasteiger partial charge in [0.25, 0.3) is 0 Å². The Bertz CT molecular complexity index is 462. The molecule has 1 amide bonds. The van der Waals surface area contributed by atoms with Crippen molar-refractivity contribution < 1.29 is 13.6 Å². The second-order valence-corrected chi connectivity index (χ2v) is 4.97. The molecule has 0 aromatic heterocycles. The lowest BCUT2D eigenvalue weighted by molar-refractivity contribution is -0.131. The summed E-state index contributed by atoms with van der Waals surface area (Å²) in [6, 6.07) is 3.31. The van der Waals surface area contributed by atoms with Crippen molar-refractivity contribution in [3.8, 4) is 0 Å². The van der Waals surface area contributed by atoms with Gasteiger partial charge in [-0.3, -0.25) is 4.79 Å². The molecule has 1 aromatic carbocycles. The third-order valence-electron chi connectivity index (χ3n) is 3.66. The average Bonchev–Trinajstić information content (AvgIpc) is 2.42. The van der Waals surface area contributed by atoms with Gasteiger partial charge in [-0.2, -0.15) is 0 Å². The second kappa shape index (κ2) is 7.55. The van der Waals surface area contributed by atoms with E-state index in [4.69, 9.17) is 5.73 Å². The molecule has 0 bridgehead atoms. The van der Waals surface area contributed by atoms with Gasteiger partial charge in [-0.15, -0.1) is 12.4 Å². The number of rotatable bonds is 3. The van der Waals surface area contributed by atoms with E-state index in [1.807, 2.05) is 0 Å². The van der Waals surface area contributed by atoms with Crippen molar-refractivity contribution in [1.82, 2.24) is 4.90 Å². The van der Waals surface area contributed by atoms with Crippen LogP contribution >= 0.6 is 12.4 Å². The SMILES string of the molecule is Cl.NCC1CCN(C(=O)Cc2ccc(F)cc2F)CC1. The normalized spacial score (nSPS) is 15.8. The zero-order valence-electron chi connectivity index (χ0n) is 11.1. The van der Waals surface area contributed by atoms with Crippen molar-refractivity contribution in [1.29, 1.82) is 0 Å². The van der Waals surface area contributed by atoms with Crippen molar-refractivity contribution in [2.24, 2.45) is 11.7 Å². The van der Waals surface area contributed by atoms with E-state index < -0.39 is 11.6 Å². The maximum absolute atomic E-state index is 13.5. The van der Waals surface area contributed by atoms with E-state index in [9.17, 15) is 13.6 Å². The number of carbonyl (C=O) groups excluding carboxylic acids is 1. The largest absolute Gasteiger partial charge is 0.342 e. The number of nitrogens with two attached hydrogens (primary N) is 1. The maximum Gasteiger partial charge on any atom is 0.227 e. The Labute approximate surface area is 123 Å². The van der Waals surface area contributed by atoms with Crippen LogP contribution in [0.5, 0.6) is 0 Å². The molecule has 0 radical (unpaired) electrons. The molecule has 0 spiro atoms. The Kier molecular flexibility index (Phi) is 6.36. The minimum absolute atomic E-state index is 0. The van der Waals surface area contributed by atoms with Gasteiger partial charge < -0.3 is 10.6 Å². The van der Waals surface area contributed by atoms with Gasteiger partial charge in [0.2, 0.25) is 5.91 Å². The van der Waals surface area contributed by atoms with Crippen LogP contribution in [0.25, 0.3) is 0 Å². The van der Waals surface area contributed by atoms with Gasteiger partial charge >= 0.3 is 0 Å². The van der Waals surface area contributed by atoms with Gasteiger partial charge in [-0.25, -0.2) is 8.78 Å². The van der Waals surface area contributed by atoms with Gasteiger partial charge in [0, 0.05) is 19.2 Å². The standard InChI is InChI=1S/C14H18F2N2O.ClH/c15-12-2-1-11(13(16)8-12)7-14(19)18-5-3-10(9-17)4-6-18;/h1-2,8,10H,3-7,9,17H2;1H. The number of benzene rings is 1. The summed E-state index contributed by atoms with van der Waals surface area (Å²) in [6.07, 6.45) is 1.78. The van der Waals surface area contributed by atoms with Crippen LogP contribution in [0.15, 0.2) is 18.2 Å². The molecule has 1 aliphatic rings. The first-order valence-electron chi connectivity index (χ1n) is 6.52. The summed E-state index contributed by atoms with van der Waals surface area (Å²) in [5.74, 6) is -0.921. The number of hydrogen-bond donors (Lipinski definition) is 1. The van der Waals surface area contributed by atoms with E-state index in [2.05, 4.69) is 0 Å². The van der Waals surface area contributed by atoms with E-state index in [-0.39, 0.29) is 30.3 Å². The summed E-state index contributed by atoms with van der Waals surface area (Å²) < 4.78 is 26.2. The van der Waals surface area contributed by atoms with Gasteiger partial charge in [-0.05, 0) is 36.9 Å². The predicted molar refractivity (Wildman–Crippen MR) is 75.7 cm³/mol. The van der Waals surface area contributed by atoms with Crippen molar-refractivity contribution in [2.75, 3.05) is 19.6 Å². The van der Waals surface area contributed by atoms with Crippen LogP contribution in [0.3, 0.4) is 0 Å². The first-order chi connectivity index (χ1) is 9.10. The van der Waals surface area contributed by atoms with Gasteiger partial charge in [0.05, 0.1) is 6.42 Å². The van der Waals surface area contributed by atoms with E-state index >= 15 is 0 Å². The van der Waals surface area contributed by atoms with E-state index in [0.717, 1.165) is 18.9 Å². The lowest BCUT2D eigenvalue weighted by Crippen LogP contribution is -2.40. The topological polar surface area (TPSA) is 46.3 Å². The molecule has 0 unspecified atom stereocenters. The average molecular weight is 305 g/mol. The zero-order valence-corrected chi connectivity index (χ0v) is 12.0. The highest BCUT2D eigenvalue weighted by Gasteiger charge is 2.22. The van der Waals surface area contributed by atoms with Crippen molar-refractivity contribution in [3.63, 3.8) is 0 Å². The van der Waals surface area contributed by atoms with Crippen molar-refractivity contribution >= 4 is 18.3 Å². The lowest BCUT2D eigenvalue weighted by Gasteiger charge is -2.31. The number of likely N-dealkylation sites (tertiary alicyclic amines) is 1. The molecule has 0 aliphatic carbocycles. The first kappa shape index (κ1) is 16.9. The summed E-state index contributed by atoms with van der Waals surface area (Å²) in [6.45, 7) is 1.99. The molecule has 1 heterocycles. The first-order valence-corrected chi connectivity index (χ1v) is 6.52. The Balaban J connectivity index is 0.00000200. The Morgan fingerprint density at radius 2 is 1.95 bits per heavy atom. The highest BCUT2D eigenvalue weighted by Crippen LogP contribution is 2.18. The smallest absolute Gasteiger partial charge is 0.227 e. The highest BCUT2D eigenvalue weighted by atomic mass is 35.5. The summed E-state index contributed by atoms with van der Waals surface area (Å²) in [7, 11) is 0. The van der Waals surface area contributed by atoms with Crippen molar-refractivity contribution in [2.45, 2.75) is 19.3 Å². The Morgan fingerprint density at radius 1 is 1.30 bits per heavy atom. The quantitative estimate of drug-likeness (QED) is 0.930. The molecule has 1 aliphatic heterocycles. The molecule has 3 nitrogen and oxygen atoms in total. The molecule has 0 saturated carbocycles. The number of amides is 1. The molecule has 2 N–H and O–H groups in total. The van der Waals surface area contributed by atoms with E-state index in [1.165, 1.54) is 12.1 Å². The van der Waals surface area contributed by atoms with E-state index in [1.54, 1.807) is 4.90 Å². The number of hydrogen-bond acceptors (Lipinski definition) is 2. The molecule has 20 heavy (non-hydrogen) atoms. The zero-order chi connectivity index (χ0) is 13.8. The molecular weight excluding hydrogens is 286 g/mol. The third-order valence-corrected chi connectivity index (χ3v) is 3.66.